The van der Waals surface area contributed by atoms with Crippen LogP contribution in [0.5, 0.6) is 11.5 Å². The molecule has 2 aromatic carbocycles. The third kappa shape index (κ3) is 8.75. The third-order valence-electron chi connectivity index (χ3n) is 6.10. The Bertz CT molecular complexity index is 1140. The van der Waals surface area contributed by atoms with Gasteiger partial charge in [0.1, 0.15) is 17.1 Å². The predicted octanol–water partition coefficient (Wildman–Crippen LogP) is 8.52. The van der Waals surface area contributed by atoms with Crippen molar-refractivity contribution < 1.29 is 23.8 Å². The average molecular weight is 523 g/mol. The van der Waals surface area contributed by atoms with Gasteiger partial charge in [-0.2, -0.15) is 0 Å². The van der Waals surface area contributed by atoms with Crippen molar-refractivity contribution in [3.63, 3.8) is 0 Å². The summed E-state index contributed by atoms with van der Waals surface area (Å²) in [6.07, 6.45) is 7.83. The van der Waals surface area contributed by atoms with Gasteiger partial charge in [-0.05, 0) is 116 Å². The Morgan fingerprint density at radius 3 is 2.08 bits per heavy atom. The first kappa shape index (κ1) is 31.1. The number of benzene rings is 2. The number of carbonyl (C=O) groups is 2. The third-order valence-corrected chi connectivity index (χ3v) is 6.10. The Labute approximate surface area is 229 Å². The molecule has 0 saturated carbocycles. The number of carbonyl (C=O) groups excluding carboxylic acids is 2. The molecule has 2 rings (SSSR count). The van der Waals surface area contributed by atoms with Gasteiger partial charge in [0.05, 0.1) is 18.3 Å². The lowest BCUT2D eigenvalue weighted by atomic mass is 9.96. The van der Waals surface area contributed by atoms with Crippen LogP contribution in [0.2, 0.25) is 0 Å². The average Bonchev–Trinajstić information content (AvgIpc) is 2.79. The molecule has 0 bridgehead atoms. The van der Waals surface area contributed by atoms with E-state index in [0.29, 0.717) is 29.0 Å². The van der Waals surface area contributed by atoms with Crippen LogP contribution in [-0.4, -0.2) is 30.1 Å². The Morgan fingerprint density at radius 1 is 0.895 bits per heavy atom. The van der Waals surface area contributed by atoms with E-state index in [0.717, 1.165) is 40.8 Å². The second-order valence-corrected chi connectivity index (χ2v) is 11.3. The van der Waals surface area contributed by atoms with E-state index in [9.17, 15) is 9.59 Å². The maximum atomic E-state index is 13.2. The minimum Gasteiger partial charge on any atom is -0.493 e. The molecule has 0 atom stereocenters. The number of hydrogen-bond acceptors (Lipinski definition) is 5. The molecule has 0 aliphatic carbocycles. The quantitative estimate of drug-likeness (QED) is 0.121. The maximum absolute atomic E-state index is 13.2. The van der Waals surface area contributed by atoms with Gasteiger partial charge in [0.15, 0.2) is 5.78 Å². The second-order valence-electron chi connectivity index (χ2n) is 11.3. The molecule has 0 aliphatic heterocycles. The molecule has 0 fully saturated rings. The van der Waals surface area contributed by atoms with E-state index in [4.69, 9.17) is 14.2 Å². The number of unbranched alkanes of at least 4 members (excludes halogenated alkanes) is 3. The number of allylic oxidation sites excluding steroid dienone is 1. The summed E-state index contributed by atoms with van der Waals surface area (Å²) in [5, 5.41) is 0. The molecule has 5 nitrogen and oxygen atoms in total. The van der Waals surface area contributed by atoms with Crippen LogP contribution >= 0.6 is 0 Å². The Kier molecular flexibility index (Phi) is 11.2. The number of esters is 1. The Balaban J connectivity index is 2.34. The summed E-state index contributed by atoms with van der Waals surface area (Å²) in [5.41, 5.74) is 4.62. The first-order chi connectivity index (χ1) is 17.7. The standard InChI is InChI=1S/C33H46O5/c1-11-12-13-14-17-36-30-23(5)19-27(20-24(30)6)28(34)16-15-26-18-22(4)29(32(35)38-33(8,9)10)25(7)31(26)37-21(2)3/h15-16,18-21H,11-14,17H2,1-10H3. The van der Waals surface area contributed by atoms with Crippen molar-refractivity contribution in [1.29, 1.82) is 0 Å². The molecule has 2 aromatic rings. The van der Waals surface area contributed by atoms with Crippen LogP contribution < -0.4 is 9.47 Å². The summed E-state index contributed by atoms with van der Waals surface area (Å²) in [6.45, 7) is 20.0. The molecule has 38 heavy (non-hydrogen) atoms. The van der Waals surface area contributed by atoms with Crippen LogP contribution in [-0.2, 0) is 4.74 Å². The number of hydrogen-bond donors (Lipinski definition) is 0. The fourth-order valence-corrected chi connectivity index (χ4v) is 4.44. The van der Waals surface area contributed by atoms with E-state index in [1.165, 1.54) is 12.8 Å². The molecule has 0 radical (unpaired) electrons. The monoisotopic (exact) mass is 522 g/mol. The minimum absolute atomic E-state index is 0.104. The molecule has 0 saturated heterocycles. The van der Waals surface area contributed by atoms with Crippen molar-refractivity contribution in [1.82, 2.24) is 0 Å². The molecule has 208 valence electrons. The molecule has 0 N–H and O–H groups in total. The molecule has 0 amide bonds. The molecule has 0 unspecified atom stereocenters. The smallest absolute Gasteiger partial charge is 0.339 e. The van der Waals surface area contributed by atoms with Gasteiger partial charge < -0.3 is 14.2 Å². The van der Waals surface area contributed by atoms with Gasteiger partial charge in [-0.15, -0.1) is 0 Å². The fraction of sp³-hybridized carbons (Fsp3) is 0.515. The number of ketones is 1. The zero-order valence-corrected chi connectivity index (χ0v) is 25.0. The van der Waals surface area contributed by atoms with Gasteiger partial charge in [0.2, 0.25) is 0 Å². The van der Waals surface area contributed by atoms with E-state index in [1.54, 1.807) is 12.2 Å². The van der Waals surface area contributed by atoms with Crippen LogP contribution in [0.1, 0.15) is 116 Å². The first-order valence-corrected chi connectivity index (χ1v) is 13.8. The highest BCUT2D eigenvalue weighted by molar-refractivity contribution is 6.07. The summed E-state index contributed by atoms with van der Waals surface area (Å²) in [5.74, 6) is 0.951. The molecule has 5 heteroatoms. The van der Waals surface area contributed by atoms with Crippen molar-refractivity contribution in [2.45, 2.75) is 107 Å². The summed E-state index contributed by atoms with van der Waals surface area (Å²) in [4.78, 5) is 26.1. The van der Waals surface area contributed by atoms with E-state index >= 15 is 0 Å². The number of rotatable bonds is 12. The topological polar surface area (TPSA) is 61.8 Å². The van der Waals surface area contributed by atoms with Gasteiger partial charge in [-0.25, -0.2) is 4.79 Å². The Hall–Kier alpha value is -3.08. The summed E-state index contributed by atoms with van der Waals surface area (Å²) < 4.78 is 17.8. The highest BCUT2D eigenvalue weighted by Crippen LogP contribution is 2.33. The van der Waals surface area contributed by atoms with E-state index < -0.39 is 5.60 Å². The van der Waals surface area contributed by atoms with Crippen LogP contribution in [0.4, 0.5) is 0 Å². The first-order valence-electron chi connectivity index (χ1n) is 13.8. The highest BCUT2D eigenvalue weighted by atomic mass is 16.6. The Morgan fingerprint density at radius 2 is 1.53 bits per heavy atom. The second kappa shape index (κ2) is 13.6. The highest BCUT2D eigenvalue weighted by Gasteiger charge is 2.24. The summed E-state index contributed by atoms with van der Waals surface area (Å²) in [7, 11) is 0. The zero-order valence-electron chi connectivity index (χ0n) is 25.0. The summed E-state index contributed by atoms with van der Waals surface area (Å²) >= 11 is 0. The van der Waals surface area contributed by atoms with Crippen LogP contribution in [0, 0.1) is 27.7 Å². The maximum Gasteiger partial charge on any atom is 0.339 e. The van der Waals surface area contributed by atoms with Crippen molar-refractivity contribution in [3.05, 3.63) is 63.2 Å². The van der Waals surface area contributed by atoms with Crippen molar-refractivity contribution in [2.24, 2.45) is 0 Å². The van der Waals surface area contributed by atoms with E-state index in [2.05, 4.69) is 6.92 Å². The molecule has 0 spiro atoms. The minimum atomic E-state index is -0.605. The van der Waals surface area contributed by atoms with Gasteiger partial charge in [-0.3, -0.25) is 4.79 Å². The lowest BCUT2D eigenvalue weighted by Crippen LogP contribution is -2.25. The lowest BCUT2D eigenvalue weighted by molar-refractivity contribution is 0.00671. The van der Waals surface area contributed by atoms with E-state index in [-0.39, 0.29) is 17.9 Å². The van der Waals surface area contributed by atoms with Crippen LogP contribution in [0.15, 0.2) is 24.3 Å². The van der Waals surface area contributed by atoms with Gasteiger partial charge in [-0.1, -0.05) is 26.2 Å². The molecule has 0 aromatic heterocycles. The normalized spacial score (nSPS) is 11.8. The molecular formula is C33H46O5. The van der Waals surface area contributed by atoms with E-state index in [1.807, 2.05) is 80.5 Å². The molecule has 0 heterocycles. The largest absolute Gasteiger partial charge is 0.493 e. The number of ether oxygens (including phenoxy) is 3. The molecular weight excluding hydrogens is 476 g/mol. The lowest BCUT2D eigenvalue weighted by Gasteiger charge is -2.23. The fourth-order valence-electron chi connectivity index (χ4n) is 4.44. The van der Waals surface area contributed by atoms with Crippen LogP contribution in [0.3, 0.4) is 0 Å². The van der Waals surface area contributed by atoms with Crippen molar-refractivity contribution in [2.75, 3.05) is 6.61 Å². The summed E-state index contributed by atoms with van der Waals surface area (Å²) in [6, 6.07) is 5.64. The van der Waals surface area contributed by atoms with Crippen molar-refractivity contribution in [3.8, 4) is 11.5 Å². The van der Waals surface area contributed by atoms with Gasteiger partial charge >= 0.3 is 5.97 Å². The number of aryl methyl sites for hydroxylation is 3. The van der Waals surface area contributed by atoms with Gasteiger partial charge in [0.25, 0.3) is 0 Å². The SMILES string of the molecule is CCCCCCOc1c(C)cc(C(=O)C=Cc2cc(C)c(C(=O)OC(C)(C)C)c(C)c2OC(C)C)cc1C. The molecule has 0 aliphatic rings. The van der Waals surface area contributed by atoms with Crippen molar-refractivity contribution >= 4 is 17.8 Å². The van der Waals surface area contributed by atoms with Crippen LogP contribution in [0.25, 0.3) is 6.08 Å². The van der Waals surface area contributed by atoms with Gasteiger partial charge in [0, 0.05) is 16.7 Å². The predicted molar refractivity (Wildman–Crippen MR) is 156 cm³/mol. The zero-order chi connectivity index (χ0) is 28.6.